The molecule has 13 saturated carbocycles. The van der Waals surface area contributed by atoms with E-state index in [-0.39, 0.29) is 112 Å². The van der Waals surface area contributed by atoms with Gasteiger partial charge in [0.2, 0.25) is 0 Å². The number of carbonyl (C=O) groups is 9. The zero-order valence-corrected chi connectivity index (χ0v) is 61.8. The fourth-order valence-electron chi connectivity index (χ4n) is 23.1. The van der Waals surface area contributed by atoms with E-state index >= 15 is 0 Å². The second-order valence-electron chi connectivity index (χ2n) is 34.7. The number of fused-ring (bicyclic) bond motifs is 12. The van der Waals surface area contributed by atoms with Gasteiger partial charge in [-0.05, 0) is 244 Å². The zero-order chi connectivity index (χ0) is 73.8. The third-order valence-electron chi connectivity index (χ3n) is 27.7. The average Bonchev–Trinajstić information content (AvgIpc) is 1.53. The summed E-state index contributed by atoms with van der Waals surface area (Å²) in [6.07, 6.45) is 22.1. The van der Waals surface area contributed by atoms with Gasteiger partial charge in [0, 0.05) is 68.4 Å². The number of ether oxygens (including phenoxy) is 10. The van der Waals surface area contributed by atoms with E-state index in [9.17, 15) is 48.4 Å². The van der Waals surface area contributed by atoms with Crippen LogP contribution in [0.2, 0.25) is 0 Å². The molecule has 18 rings (SSSR count). The number of esters is 9. The van der Waals surface area contributed by atoms with Crippen LogP contribution in [0.15, 0.2) is 72.9 Å². The van der Waals surface area contributed by atoms with Gasteiger partial charge in [-0.3, -0.25) is 14.4 Å². The molecule has 5 aliphatic heterocycles. The zero-order valence-electron chi connectivity index (χ0n) is 61.8. The Hall–Kier alpha value is -6.88. The quantitative estimate of drug-likeness (QED) is 0.0638. The molecule has 0 aromatic carbocycles. The van der Waals surface area contributed by atoms with Crippen molar-refractivity contribution in [2.24, 2.45) is 99.6 Å². The van der Waals surface area contributed by atoms with Gasteiger partial charge in [-0.15, -0.1) is 0 Å². The van der Waals surface area contributed by atoms with Crippen molar-refractivity contribution < 1.29 is 90.5 Å². The first-order chi connectivity index (χ1) is 48.1. The van der Waals surface area contributed by atoms with Crippen molar-refractivity contribution in [2.45, 2.75) is 276 Å². The Balaban J connectivity index is 0.000000116. The summed E-state index contributed by atoms with van der Waals surface area (Å²) in [6, 6.07) is 2.11. The van der Waals surface area contributed by atoms with Gasteiger partial charge in [-0.1, -0.05) is 53.3 Å². The van der Waals surface area contributed by atoms with E-state index in [1.165, 1.54) is 77.0 Å². The van der Waals surface area contributed by atoms with Crippen LogP contribution in [0.25, 0.3) is 0 Å². The molecule has 20 nitrogen and oxygen atoms in total. The van der Waals surface area contributed by atoms with Crippen molar-refractivity contribution in [2.75, 3.05) is 0 Å². The van der Waals surface area contributed by atoms with Crippen LogP contribution in [0.5, 0.6) is 0 Å². The molecule has 102 heavy (non-hydrogen) atoms. The normalized spacial score (nSPS) is 41.3. The van der Waals surface area contributed by atoms with Gasteiger partial charge in [-0.25, -0.2) is 28.8 Å². The summed E-state index contributed by atoms with van der Waals surface area (Å²) >= 11 is 0. The number of rotatable bonds is 15. The number of nitrogens with zero attached hydrogens (tertiary/aromatic N) is 1. The number of nitriles is 1. The van der Waals surface area contributed by atoms with Crippen molar-refractivity contribution >= 4 is 53.7 Å². The lowest BCUT2D eigenvalue weighted by molar-refractivity contribution is -0.195. The maximum atomic E-state index is 12.1. The first-order valence-electron chi connectivity index (χ1n) is 38.1. The van der Waals surface area contributed by atoms with Crippen LogP contribution in [0.3, 0.4) is 0 Å². The highest BCUT2D eigenvalue weighted by Crippen LogP contribution is 2.71. The molecule has 18 aliphatic rings. The van der Waals surface area contributed by atoms with Crippen molar-refractivity contribution in [3.63, 3.8) is 0 Å². The molecule has 5 heterocycles. The highest BCUT2D eigenvalue weighted by atomic mass is 16.7. The molecular formula is C82H109NO19. The number of hydrogen-bond acceptors (Lipinski definition) is 20. The van der Waals surface area contributed by atoms with E-state index in [4.69, 9.17) is 47.4 Å². The maximum Gasteiger partial charge on any atom is 0.333 e. The minimum Gasteiger partial charge on any atom is -0.458 e. The molecule has 18 fully saturated rings. The lowest BCUT2D eigenvalue weighted by atomic mass is 9.46. The van der Waals surface area contributed by atoms with Gasteiger partial charge < -0.3 is 47.4 Å². The smallest absolute Gasteiger partial charge is 0.333 e. The highest BCUT2D eigenvalue weighted by molar-refractivity contribution is 5.90. The van der Waals surface area contributed by atoms with E-state index in [2.05, 4.69) is 73.2 Å². The predicted octanol–water partition coefficient (Wildman–Crippen LogP) is 13.1. The van der Waals surface area contributed by atoms with E-state index in [0.717, 1.165) is 98.7 Å². The van der Waals surface area contributed by atoms with E-state index in [0.29, 0.717) is 58.1 Å². The molecule has 22 unspecified atom stereocenters. The van der Waals surface area contributed by atoms with Crippen molar-refractivity contribution in [1.82, 2.24) is 0 Å². The van der Waals surface area contributed by atoms with Crippen LogP contribution < -0.4 is 0 Å². The summed E-state index contributed by atoms with van der Waals surface area (Å²) in [6.45, 7) is 40.2. The van der Waals surface area contributed by atoms with Gasteiger partial charge in [0.15, 0.2) is 17.6 Å². The molecule has 0 N–H and O–H groups in total. The monoisotopic (exact) mass is 1410 g/mol. The Morgan fingerprint density at radius 1 is 0.500 bits per heavy atom. The lowest BCUT2D eigenvalue weighted by Gasteiger charge is -2.61. The Kier molecular flexibility index (Phi) is 20.7. The summed E-state index contributed by atoms with van der Waals surface area (Å²) in [5, 5.41) is 9.22. The second-order valence-corrected chi connectivity index (χ2v) is 34.7. The SMILES string of the molecule is C=C(C)C(=O)OC(C)(C)C12CC3CC(CC(C3)C1)C2.C=C(C)C(=O)OC1(CC)CC2CC1C1C3CCC(C3)C21.C=C(C)C(=O)OC1(CC)CCCC1.C=C(C)C(=O)OC1C2CC3C(=O)OC1C3C2.C=C(C)C(=O)OC1C2CC3C(=O)OC1C3O2.C=C(C)C(=O)OC1C2CC3C1OC(=O)C3(C#N)C2. The fourth-order valence-corrected chi connectivity index (χ4v) is 23.1. The average molecular weight is 1410 g/mol. The molecule has 0 amide bonds. The lowest BCUT2D eigenvalue weighted by Crippen LogP contribution is -2.57. The third-order valence-corrected chi connectivity index (χ3v) is 27.7. The largest absolute Gasteiger partial charge is 0.458 e. The molecular weight excluding hydrogens is 1300 g/mol. The first-order valence-corrected chi connectivity index (χ1v) is 38.1. The topological polar surface area (TPSA) is 270 Å². The number of carbonyl (C=O) groups excluding carboxylic acids is 9. The van der Waals surface area contributed by atoms with Gasteiger partial charge in [0.05, 0.1) is 24.0 Å². The molecule has 0 aromatic rings. The molecule has 13 aliphatic carbocycles. The van der Waals surface area contributed by atoms with Crippen LogP contribution in [-0.2, 0) is 90.5 Å². The summed E-state index contributed by atoms with van der Waals surface area (Å²) in [4.78, 5) is 104. The summed E-state index contributed by atoms with van der Waals surface area (Å²) < 4.78 is 54.6. The predicted molar refractivity (Wildman–Crippen MR) is 370 cm³/mol. The molecule has 22 atom stereocenters. The summed E-state index contributed by atoms with van der Waals surface area (Å²) in [7, 11) is 0. The van der Waals surface area contributed by atoms with E-state index < -0.39 is 47.7 Å². The van der Waals surface area contributed by atoms with Gasteiger partial charge in [0.1, 0.15) is 47.3 Å². The van der Waals surface area contributed by atoms with Crippen LogP contribution in [0.4, 0.5) is 0 Å². The molecule has 5 saturated heterocycles. The van der Waals surface area contributed by atoms with Crippen molar-refractivity contribution in [3.05, 3.63) is 72.9 Å². The third kappa shape index (κ3) is 13.4. The van der Waals surface area contributed by atoms with E-state index in [1.807, 2.05) is 0 Å². The standard InChI is InChI=1S/C18H26O2.C17H26O2.C13H13NO4.C12H14O4.C11H12O5.C11H18O2/c1-4-18(20-17(19)10(2)3)9-13-8-14(18)16-12-6-5-11(7-12)15(13)16;1-11(2)15(18)19-16(3,4)17-8-12-5-13(9-17)7-14(6-12)10-17;1-6(2)11(15)17-9-7-3-8-10(9)18-12(16)13(8,4-7)5-14;1-5(2)11(13)15-9-6-3-7-8(4-6)12(14)16-10(7)9;1-4(2)10(12)15-8-6-3-5-7(14-6)9(8)16-11(5)13;1-4-11(7-5-6-8-11)13-10(12)9(2)3/h11-16H,2,4-9H2,1,3H3;12-14H,1,5-10H2,2-4H3;7-10H,1,3-4H2,2H3;6-10H,1,3-4H2,2H3;5-9H,1,3H2,2H3;2,4-8H2,1,3H3. The second kappa shape index (κ2) is 28.2. The summed E-state index contributed by atoms with van der Waals surface area (Å²) in [5.41, 5.74) is 1.18. The van der Waals surface area contributed by atoms with Crippen LogP contribution in [0, 0.1) is 111 Å². The van der Waals surface area contributed by atoms with Crippen LogP contribution in [-0.4, -0.2) is 119 Å². The van der Waals surface area contributed by atoms with Crippen LogP contribution >= 0.6 is 0 Å². The molecule has 556 valence electrons. The molecule has 0 spiro atoms. The van der Waals surface area contributed by atoms with Gasteiger partial charge >= 0.3 is 53.7 Å². The first kappa shape index (κ1) is 74.8. The maximum absolute atomic E-state index is 12.1. The summed E-state index contributed by atoms with van der Waals surface area (Å²) in [5.74, 6) is 5.62. The van der Waals surface area contributed by atoms with Crippen molar-refractivity contribution in [3.8, 4) is 6.07 Å². The minimum absolute atomic E-state index is 0.0504. The Morgan fingerprint density at radius 2 is 1.01 bits per heavy atom. The highest BCUT2D eigenvalue weighted by Gasteiger charge is 2.73. The Morgan fingerprint density at radius 3 is 1.55 bits per heavy atom. The molecule has 14 bridgehead atoms. The minimum atomic E-state index is -0.985. The number of hydrogen-bond donors (Lipinski definition) is 0. The van der Waals surface area contributed by atoms with Crippen molar-refractivity contribution in [1.29, 1.82) is 5.26 Å². The fraction of sp³-hybridized carbons (Fsp3) is 0.732. The Bertz CT molecular complexity index is 3440. The van der Waals surface area contributed by atoms with Gasteiger partial charge in [0.25, 0.3) is 0 Å². The van der Waals surface area contributed by atoms with E-state index in [1.54, 1.807) is 41.5 Å². The van der Waals surface area contributed by atoms with Gasteiger partial charge in [-0.2, -0.15) is 5.26 Å². The molecule has 0 radical (unpaired) electrons. The van der Waals surface area contributed by atoms with Crippen LogP contribution in [0.1, 0.15) is 210 Å². The Labute approximate surface area is 601 Å². The molecule has 20 heteroatoms. The molecule has 0 aromatic heterocycles.